The maximum Gasteiger partial charge on any atom is 0.339 e. The number of rotatable bonds is 4. The molecule has 0 fully saturated rings. The summed E-state index contributed by atoms with van der Waals surface area (Å²) in [5, 5.41) is 15.7. The van der Waals surface area contributed by atoms with Crippen molar-refractivity contribution in [2.45, 2.75) is 26.8 Å². The number of terminal acetylenes is 1. The van der Waals surface area contributed by atoms with Gasteiger partial charge in [0.2, 0.25) is 5.91 Å². The van der Waals surface area contributed by atoms with Crippen molar-refractivity contribution in [1.82, 2.24) is 15.1 Å². The summed E-state index contributed by atoms with van der Waals surface area (Å²) in [6.07, 6.45) is 5.05. The Balaban J connectivity index is 3.04. The second-order valence-corrected chi connectivity index (χ2v) is 3.89. The SMILES string of the molecule is C#CCNC(=O)C(C)n1nc(C)c(C(=O)O)c1C. The van der Waals surface area contributed by atoms with E-state index in [0.29, 0.717) is 11.4 Å². The molecule has 1 unspecified atom stereocenters. The molecule has 0 bridgehead atoms. The van der Waals surface area contributed by atoms with Gasteiger partial charge in [-0.05, 0) is 20.8 Å². The topological polar surface area (TPSA) is 84.2 Å². The van der Waals surface area contributed by atoms with E-state index in [0.717, 1.165) is 0 Å². The van der Waals surface area contributed by atoms with Crippen LogP contribution in [0.5, 0.6) is 0 Å². The number of hydrogen-bond donors (Lipinski definition) is 2. The summed E-state index contributed by atoms with van der Waals surface area (Å²) in [4.78, 5) is 22.8. The molecule has 1 heterocycles. The normalized spacial score (nSPS) is 11.7. The fourth-order valence-corrected chi connectivity index (χ4v) is 1.75. The molecule has 0 aliphatic rings. The van der Waals surface area contributed by atoms with Crippen LogP contribution in [0.1, 0.15) is 34.7 Å². The monoisotopic (exact) mass is 249 g/mol. The summed E-state index contributed by atoms with van der Waals surface area (Å²) >= 11 is 0. The first-order valence-corrected chi connectivity index (χ1v) is 5.40. The molecule has 1 rings (SSSR count). The third kappa shape index (κ3) is 2.51. The Hall–Kier alpha value is -2.29. The number of nitrogens with one attached hydrogen (secondary N) is 1. The Morgan fingerprint density at radius 3 is 2.61 bits per heavy atom. The zero-order valence-corrected chi connectivity index (χ0v) is 10.5. The maximum absolute atomic E-state index is 11.7. The standard InChI is InChI=1S/C12H15N3O3/c1-5-6-13-11(16)9(4)15-8(3)10(12(17)18)7(2)14-15/h1,9H,6H2,2-4H3,(H,13,16)(H,17,18). The predicted molar refractivity (Wildman–Crippen MR) is 65.2 cm³/mol. The summed E-state index contributed by atoms with van der Waals surface area (Å²) in [6, 6.07) is -0.606. The van der Waals surface area contributed by atoms with Crippen LogP contribution in [0.4, 0.5) is 0 Å². The van der Waals surface area contributed by atoms with E-state index in [-0.39, 0.29) is 18.0 Å². The highest BCUT2D eigenvalue weighted by atomic mass is 16.4. The van der Waals surface area contributed by atoms with Gasteiger partial charge in [-0.3, -0.25) is 9.48 Å². The lowest BCUT2D eigenvalue weighted by molar-refractivity contribution is -0.123. The largest absolute Gasteiger partial charge is 0.478 e. The smallest absolute Gasteiger partial charge is 0.339 e. The van der Waals surface area contributed by atoms with Gasteiger partial charge in [-0.25, -0.2) is 4.79 Å². The molecule has 0 radical (unpaired) electrons. The van der Waals surface area contributed by atoms with Gasteiger partial charge in [0.15, 0.2) is 0 Å². The fraction of sp³-hybridized carbons (Fsp3) is 0.417. The lowest BCUT2D eigenvalue weighted by Crippen LogP contribution is -2.32. The molecule has 0 spiro atoms. The summed E-state index contributed by atoms with van der Waals surface area (Å²) in [7, 11) is 0. The van der Waals surface area contributed by atoms with E-state index in [1.165, 1.54) is 4.68 Å². The number of carbonyl (C=O) groups is 2. The highest BCUT2D eigenvalue weighted by molar-refractivity contribution is 5.90. The number of carboxylic acids is 1. The van der Waals surface area contributed by atoms with Crippen LogP contribution in [0.25, 0.3) is 0 Å². The van der Waals surface area contributed by atoms with Gasteiger partial charge in [0.25, 0.3) is 0 Å². The van der Waals surface area contributed by atoms with Crippen molar-refractivity contribution in [3.63, 3.8) is 0 Å². The van der Waals surface area contributed by atoms with Crippen molar-refractivity contribution in [3.05, 3.63) is 17.0 Å². The number of hydrogen-bond acceptors (Lipinski definition) is 3. The van der Waals surface area contributed by atoms with Crippen LogP contribution in [0.3, 0.4) is 0 Å². The van der Waals surface area contributed by atoms with Gasteiger partial charge < -0.3 is 10.4 Å². The van der Waals surface area contributed by atoms with Gasteiger partial charge in [-0.2, -0.15) is 5.10 Å². The molecule has 0 saturated carbocycles. The molecule has 96 valence electrons. The first kappa shape index (κ1) is 13.8. The molecular formula is C12H15N3O3. The zero-order valence-electron chi connectivity index (χ0n) is 10.5. The fourth-order valence-electron chi connectivity index (χ4n) is 1.75. The van der Waals surface area contributed by atoms with Crippen molar-refractivity contribution in [3.8, 4) is 12.3 Å². The van der Waals surface area contributed by atoms with Crippen molar-refractivity contribution in [2.24, 2.45) is 0 Å². The number of aromatic carboxylic acids is 1. The Morgan fingerprint density at radius 1 is 1.56 bits per heavy atom. The number of carboxylic acid groups (broad SMARTS) is 1. The Bertz CT molecular complexity index is 525. The van der Waals surface area contributed by atoms with E-state index in [2.05, 4.69) is 16.3 Å². The molecule has 1 aromatic rings. The minimum absolute atomic E-state index is 0.131. The summed E-state index contributed by atoms with van der Waals surface area (Å²) < 4.78 is 1.39. The van der Waals surface area contributed by atoms with Crippen LogP contribution in [0.2, 0.25) is 0 Å². The molecule has 0 aliphatic carbocycles. The molecule has 6 nitrogen and oxygen atoms in total. The molecule has 1 aromatic heterocycles. The minimum Gasteiger partial charge on any atom is -0.478 e. The molecule has 1 atom stereocenters. The molecule has 0 saturated heterocycles. The van der Waals surface area contributed by atoms with E-state index < -0.39 is 12.0 Å². The van der Waals surface area contributed by atoms with Gasteiger partial charge in [0.05, 0.1) is 17.9 Å². The van der Waals surface area contributed by atoms with E-state index in [4.69, 9.17) is 11.5 Å². The van der Waals surface area contributed by atoms with Gasteiger partial charge in [0.1, 0.15) is 11.6 Å². The van der Waals surface area contributed by atoms with E-state index in [1.807, 2.05) is 0 Å². The average Bonchev–Trinajstić information content (AvgIpc) is 2.60. The number of aromatic nitrogens is 2. The summed E-state index contributed by atoms with van der Waals surface area (Å²) in [5.41, 5.74) is 0.964. The number of aryl methyl sites for hydroxylation is 1. The molecule has 0 aromatic carbocycles. The molecule has 18 heavy (non-hydrogen) atoms. The second kappa shape index (κ2) is 5.36. The van der Waals surface area contributed by atoms with Gasteiger partial charge in [0, 0.05) is 0 Å². The molecular weight excluding hydrogens is 234 g/mol. The highest BCUT2D eigenvalue weighted by Crippen LogP contribution is 2.17. The quantitative estimate of drug-likeness (QED) is 0.761. The lowest BCUT2D eigenvalue weighted by Gasteiger charge is -2.13. The van der Waals surface area contributed by atoms with Crippen molar-refractivity contribution in [2.75, 3.05) is 6.54 Å². The van der Waals surface area contributed by atoms with Crippen molar-refractivity contribution >= 4 is 11.9 Å². The van der Waals surface area contributed by atoms with Gasteiger partial charge in [-0.1, -0.05) is 5.92 Å². The zero-order chi connectivity index (χ0) is 13.9. The molecule has 2 N–H and O–H groups in total. The number of nitrogens with zero attached hydrogens (tertiary/aromatic N) is 2. The van der Waals surface area contributed by atoms with E-state index in [1.54, 1.807) is 20.8 Å². The van der Waals surface area contributed by atoms with E-state index in [9.17, 15) is 9.59 Å². The highest BCUT2D eigenvalue weighted by Gasteiger charge is 2.23. The number of carbonyl (C=O) groups excluding carboxylic acids is 1. The Morgan fingerprint density at radius 2 is 2.17 bits per heavy atom. The average molecular weight is 249 g/mol. The van der Waals surface area contributed by atoms with Gasteiger partial charge in [-0.15, -0.1) is 6.42 Å². The van der Waals surface area contributed by atoms with E-state index >= 15 is 0 Å². The molecule has 6 heteroatoms. The second-order valence-electron chi connectivity index (χ2n) is 3.89. The van der Waals surface area contributed by atoms with Crippen LogP contribution in [-0.2, 0) is 4.79 Å². The minimum atomic E-state index is -1.05. The summed E-state index contributed by atoms with van der Waals surface area (Å²) in [5.74, 6) is 0.954. The Labute approximate surface area is 105 Å². The number of amides is 1. The predicted octanol–water partition coefficient (Wildman–Crippen LogP) is 0.509. The lowest BCUT2D eigenvalue weighted by atomic mass is 10.2. The molecule has 1 amide bonds. The van der Waals surface area contributed by atoms with Crippen molar-refractivity contribution < 1.29 is 14.7 Å². The van der Waals surface area contributed by atoms with Crippen LogP contribution in [-0.4, -0.2) is 33.3 Å². The first-order chi connectivity index (χ1) is 8.40. The molecule has 0 aliphatic heterocycles. The summed E-state index contributed by atoms with van der Waals surface area (Å²) in [6.45, 7) is 4.98. The van der Waals surface area contributed by atoms with Gasteiger partial charge >= 0.3 is 5.97 Å². The third-order valence-electron chi connectivity index (χ3n) is 2.65. The van der Waals surface area contributed by atoms with Crippen LogP contribution in [0, 0.1) is 26.2 Å². The maximum atomic E-state index is 11.7. The van der Waals surface area contributed by atoms with Crippen LogP contribution < -0.4 is 5.32 Å². The van der Waals surface area contributed by atoms with Crippen LogP contribution in [0.15, 0.2) is 0 Å². The first-order valence-electron chi connectivity index (χ1n) is 5.40. The third-order valence-corrected chi connectivity index (χ3v) is 2.65. The van der Waals surface area contributed by atoms with Crippen molar-refractivity contribution in [1.29, 1.82) is 0 Å². The van der Waals surface area contributed by atoms with Crippen LogP contribution >= 0.6 is 0 Å². The Kier molecular flexibility index (Phi) is 4.10.